The molecule has 0 bridgehead atoms. The van der Waals surface area contributed by atoms with Gasteiger partial charge in [0.05, 0.1) is 6.54 Å². The highest BCUT2D eigenvalue weighted by Gasteiger charge is 2.57. The monoisotopic (exact) mass is 459 g/mol. The minimum atomic E-state index is -4.64. The molecule has 0 amide bonds. The Bertz CT molecular complexity index is 1040. The molecule has 3 rings (SSSR count). The highest BCUT2D eigenvalue weighted by Crippen LogP contribution is 2.61. The van der Waals surface area contributed by atoms with Gasteiger partial charge < -0.3 is 0 Å². The summed E-state index contributed by atoms with van der Waals surface area (Å²) < 4.78 is 41.5. The van der Waals surface area contributed by atoms with Gasteiger partial charge in [-0.3, -0.25) is 9.36 Å². The summed E-state index contributed by atoms with van der Waals surface area (Å²) in [6.07, 6.45) is 2.53. The summed E-state index contributed by atoms with van der Waals surface area (Å²) >= 11 is 12.9. The molecule has 0 N–H and O–H groups in total. The van der Waals surface area contributed by atoms with E-state index in [9.17, 15) is 18.0 Å². The predicted molar refractivity (Wildman–Crippen MR) is 112 cm³/mol. The van der Waals surface area contributed by atoms with E-state index in [1.165, 1.54) is 0 Å². The van der Waals surface area contributed by atoms with Crippen LogP contribution in [0.1, 0.15) is 30.0 Å². The second-order valence-electron chi connectivity index (χ2n) is 7.61. The maximum absolute atomic E-state index is 13.6. The SMILES string of the molecule is C#CCn1c(C(F)(F)F)c(C[C@@H]2[C@H](C=C(Cl)c3ccc(Cl)cc3)C2(C)C)sc1=O. The van der Waals surface area contributed by atoms with E-state index in [1.54, 1.807) is 24.3 Å². The van der Waals surface area contributed by atoms with Crippen molar-refractivity contribution in [2.75, 3.05) is 0 Å². The molecule has 0 unspecified atom stereocenters. The third kappa shape index (κ3) is 4.42. The second-order valence-corrected chi connectivity index (χ2v) is 9.50. The van der Waals surface area contributed by atoms with Crippen LogP contribution in [-0.4, -0.2) is 4.57 Å². The van der Waals surface area contributed by atoms with Gasteiger partial charge in [-0.15, -0.1) is 6.42 Å². The predicted octanol–water partition coefficient (Wildman–Crippen LogP) is 6.31. The van der Waals surface area contributed by atoms with E-state index in [-0.39, 0.29) is 28.5 Å². The van der Waals surface area contributed by atoms with Gasteiger partial charge in [-0.2, -0.15) is 13.2 Å². The van der Waals surface area contributed by atoms with Crippen LogP contribution in [0.15, 0.2) is 35.1 Å². The molecule has 0 spiro atoms. The van der Waals surface area contributed by atoms with E-state index in [4.69, 9.17) is 29.6 Å². The number of aromatic nitrogens is 1. The third-order valence-corrected chi connectivity index (χ3v) is 7.07. The average Bonchev–Trinajstić information content (AvgIpc) is 2.94. The van der Waals surface area contributed by atoms with Gasteiger partial charge in [-0.25, -0.2) is 0 Å². The molecule has 2 atom stereocenters. The normalized spacial score (nSPS) is 21.1. The first-order chi connectivity index (χ1) is 13.5. The number of alkyl halides is 3. The summed E-state index contributed by atoms with van der Waals surface area (Å²) in [5, 5.41) is 1.12. The maximum Gasteiger partial charge on any atom is 0.432 e. The maximum atomic E-state index is 13.6. The van der Waals surface area contributed by atoms with Crippen molar-refractivity contribution < 1.29 is 13.2 Å². The highest BCUT2D eigenvalue weighted by atomic mass is 35.5. The zero-order valence-electron chi connectivity index (χ0n) is 15.7. The average molecular weight is 460 g/mol. The van der Waals surface area contributed by atoms with E-state index in [1.807, 2.05) is 19.9 Å². The summed E-state index contributed by atoms with van der Waals surface area (Å²) in [6, 6.07) is 7.03. The Morgan fingerprint density at radius 3 is 2.52 bits per heavy atom. The Morgan fingerprint density at radius 2 is 1.97 bits per heavy atom. The van der Waals surface area contributed by atoms with Crippen LogP contribution < -0.4 is 4.87 Å². The van der Waals surface area contributed by atoms with Gasteiger partial charge in [0.15, 0.2) is 0 Å². The van der Waals surface area contributed by atoms with Crippen molar-refractivity contribution in [1.29, 1.82) is 0 Å². The molecule has 0 radical (unpaired) electrons. The fourth-order valence-corrected chi connectivity index (χ4v) is 5.16. The van der Waals surface area contributed by atoms with Crippen molar-refractivity contribution >= 4 is 39.6 Å². The number of rotatable bonds is 5. The molecular weight excluding hydrogens is 442 g/mol. The van der Waals surface area contributed by atoms with Crippen LogP contribution in [0.3, 0.4) is 0 Å². The molecule has 29 heavy (non-hydrogen) atoms. The molecule has 1 fully saturated rings. The lowest BCUT2D eigenvalue weighted by atomic mass is 10.1. The van der Waals surface area contributed by atoms with Gasteiger partial charge in [0, 0.05) is 14.9 Å². The molecule has 2 aromatic rings. The van der Waals surface area contributed by atoms with Crippen molar-refractivity contribution in [3.05, 3.63) is 61.2 Å². The molecule has 1 aromatic carbocycles. The summed E-state index contributed by atoms with van der Waals surface area (Å²) in [5.41, 5.74) is -0.377. The summed E-state index contributed by atoms with van der Waals surface area (Å²) in [4.78, 5) is 11.4. The van der Waals surface area contributed by atoms with Gasteiger partial charge >= 0.3 is 11.0 Å². The Hall–Kier alpha value is -1.68. The molecule has 2 nitrogen and oxygen atoms in total. The van der Waals surface area contributed by atoms with E-state index in [0.717, 1.165) is 5.56 Å². The molecule has 1 aromatic heterocycles. The number of hydrogen-bond donors (Lipinski definition) is 0. The van der Waals surface area contributed by atoms with Crippen molar-refractivity contribution in [3.8, 4) is 12.3 Å². The molecule has 0 aliphatic heterocycles. The van der Waals surface area contributed by atoms with Crippen LogP contribution in [0.5, 0.6) is 0 Å². The quantitative estimate of drug-likeness (QED) is 0.480. The Balaban J connectivity index is 1.89. The Labute approximate surface area is 181 Å². The van der Waals surface area contributed by atoms with Crippen molar-refractivity contribution in [1.82, 2.24) is 4.57 Å². The zero-order valence-corrected chi connectivity index (χ0v) is 18.0. The first kappa shape index (κ1) is 22.0. The van der Waals surface area contributed by atoms with Crippen molar-refractivity contribution in [2.24, 2.45) is 17.3 Å². The molecular formula is C21H18Cl2F3NOS. The number of terminal acetylenes is 1. The number of thiazole rings is 1. The number of allylic oxidation sites excluding steroid dienone is 1. The van der Waals surface area contributed by atoms with Crippen LogP contribution in [0.25, 0.3) is 5.03 Å². The number of halogens is 5. The first-order valence-corrected chi connectivity index (χ1v) is 10.4. The minimum absolute atomic E-state index is 0.00922. The van der Waals surface area contributed by atoms with Gasteiger partial charge in [-0.1, -0.05) is 72.5 Å². The number of nitrogens with zero attached hydrogens (tertiary/aromatic N) is 1. The van der Waals surface area contributed by atoms with Gasteiger partial charge in [0.25, 0.3) is 0 Å². The summed E-state index contributed by atoms with van der Waals surface area (Å²) in [7, 11) is 0. The molecule has 1 heterocycles. The molecule has 0 saturated heterocycles. The van der Waals surface area contributed by atoms with Gasteiger partial charge in [-0.05, 0) is 41.4 Å². The van der Waals surface area contributed by atoms with Crippen LogP contribution in [0.2, 0.25) is 5.02 Å². The van der Waals surface area contributed by atoms with E-state index >= 15 is 0 Å². The molecule has 8 heteroatoms. The summed E-state index contributed by atoms with van der Waals surface area (Å²) in [6.45, 7) is 3.57. The standard InChI is InChI=1S/C21H18Cl2F3NOS/c1-4-9-27-18(21(24,25)26)17(29-19(27)28)11-15-14(20(15,2)3)10-16(23)12-5-7-13(22)8-6-12/h1,5-8,10,14-15H,9,11H2,2-3H3/t14-,15+/m0/s1. The molecule has 1 aliphatic carbocycles. The lowest BCUT2D eigenvalue weighted by Gasteiger charge is -2.11. The molecule has 1 saturated carbocycles. The lowest BCUT2D eigenvalue weighted by molar-refractivity contribution is -0.144. The smallest absolute Gasteiger partial charge is 0.283 e. The third-order valence-electron chi connectivity index (χ3n) is 5.47. The van der Waals surface area contributed by atoms with Crippen LogP contribution in [0.4, 0.5) is 13.2 Å². The lowest BCUT2D eigenvalue weighted by Crippen LogP contribution is -2.22. The Morgan fingerprint density at radius 1 is 1.34 bits per heavy atom. The van der Waals surface area contributed by atoms with E-state index < -0.39 is 23.3 Å². The first-order valence-electron chi connectivity index (χ1n) is 8.83. The van der Waals surface area contributed by atoms with Gasteiger partial charge in [0.1, 0.15) is 5.69 Å². The van der Waals surface area contributed by atoms with Crippen molar-refractivity contribution in [2.45, 2.75) is 33.0 Å². The Kier molecular flexibility index (Phi) is 5.97. The molecule has 154 valence electrons. The fourth-order valence-electron chi connectivity index (χ4n) is 3.71. The number of hydrogen-bond acceptors (Lipinski definition) is 2. The van der Waals surface area contributed by atoms with Crippen molar-refractivity contribution in [3.63, 3.8) is 0 Å². The fraction of sp³-hybridized carbons (Fsp3) is 0.381. The van der Waals surface area contributed by atoms with E-state index in [2.05, 4.69) is 5.92 Å². The minimum Gasteiger partial charge on any atom is -0.283 e. The molecule has 1 aliphatic rings. The van der Waals surface area contributed by atoms with Crippen LogP contribution in [-0.2, 0) is 19.1 Å². The number of benzene rings is 1. The van der Waals surface area contributed by atoms with Gasteiger partial charge in [0.2, 0.25) is 0 Å². The largest absolute Gasteiger partial charge is 0.432 e. The zero-order chi connectivity index (χ0) is 21.6. The van der Waals surface area contributed by atoms with E-state index in [0.29, 0.717) is 26.0 Å². The summed E-state index contributed by atoms with van der Waals surface area (Å²) in [5.74, 6) is 2.05. The van der Waals surface area contributed by atoms with Crippen LogP contribution >= 0.6 is 34.5 Å². The topological polar surface area (TPSA) is 22.0 Å². The second kappa shape index (κ2) is 7.86. The highest BCUT2D eigenvalue weighted by molar-refractivity contribution is 7.09. The van der Waals surface area contributed by atoms with Crippen LogP contribution in [0, 0.1) is 29.6 Å².